The third-order valence-corrected chi connectivity index (χ3v) is 7.30. The van der Waals surface area contributed by atoms with Crippen molar-refractivity contribution in [3.63, 3.8) is 0 Å². The minimum Gasteiger partial charge on any atom is -0.495 e. The number of aromatic nitrogens is 3. The zero-order valence-corrected chi connectivity index (χ0v) is 17.8. The molecule has 2 aromatic carbocycles. The van der Waals surface area contributed by atoms with Gasteiger partial charge in [0.1, 0.15) is 16.5 Å². The summed E-state index contributed by atoms with van der Waals surface area (Å²) in [7, 11) is -2.24. The van der Waals surface area contributed by atoms with Crippen LogP contribution in [0.15, 0.2) is 65.8 Å². The highest BCUT2D eigenvalue weighted by atomic mass is 32.2. The summed E-state index contributed by atoms with van der Waals surface area (Å²) < 4.78 is 40.6. The van der Waals surface area contributed by atoms with Gasteiger partial charge in [-0.05, 0) is 30.3 Å². The summed E-state index contributed by atoms with van der Waals surface area (Å²) in [6, 6.07) is 15.2. The van der Waals surface area contributed by atoms with Gasteiger partial charge in [-0.3, -0.25) is 0 Å². The second-order valence-electron chi connectivity index (χ2n) is 7.26. The van der Waals surface area contributed by atoms with Crippen molar-refractivity contribution in [3.05, 3.63) is 60.9 Å². The quantitative estimate of drug-likeness (QED) is 0.517. The lowest BCUT2D eigenvalue weighted by Gasteiger charge is -2.26. The molecule has 31 heavy (non-hydrogen) atoms. The third-order valence-electron chi connectivity index (χ3n) is 5.38. The number of ether oxygens (including phenoxy) is 2. The summed E-state index contributed by atoms with van der Waals surface area (Å²) in [6.07, 6.45) is 3.96. The highest BCUT2D eigenvalue weighted by molar-refractivity contribution is 7.89. The molecule has 8 nitrogen and oxygen atoms in total. The summed E-state index contributed by atoms with van der Waals surface area (Å²) in [6.45, 7) is 1.42. The molecule has 0 aliphatic carbocycles. The fourth-order valence-electron chi connectivity index (χ4n) is 3.76. The van der Waals surface area contributed by atoms with E-state index in [-0.39, 0.29) is 10.6 Å². The Bertz CT molecular complexity index is 1320. The van der Waals surface area contributed by atoms with Crippen LogP contribution >= 0.6 is 0 Å². The van der Waals surface area contributed by atoms with Crippen LogP contribution in [0, 0.1) is 0 Å². The van der Waals surface area contributed by atoms with Crippen molar-refractivity contribution in [1.29, 1.82) is 0 Å². The molecule has 0 bridgehead atoms. The van der Waals surface area contributed by atoms with Crippen LogP contribution in [0.3, 0.4) is 0 Å². The minimum absolute atomic E-state index is 0.126. The number of nitrogens with zero attached hydrogens (tertiary/aromatic N) is 3. The molecule has 1 aliphatic rings. The third kappa shape index (κ3) is 3.60. The fourth-order valence-corrected chi connectivity index (χ4v) is 5.33. The van der Waals surface area contributed by atoms with Gasteiger partial charge in [-0.2, -0.15) is 4.31 Å². The lowest BCUT2D eigenvalue weighted by molar-refractivity contribution is 0.0729. The molecule has 4 aromatic rings. The Morgan fingerprint density at radius 2 is 1.84 bits per heavy atom. The van der Waals surface area contributed by atoms with Crippen molar-refractivity contribution in [2.24, 2.45) is 0 Å². The van der Waals surface area contributed by atoms with Gasteiger partial charge in [-0.15, -0.1) is 0 Å². The summed E-state index contributed by atoms with van der Waals surface area (Å²) in [5.41, 5.74) is 3.18. The summed E-state index contributed by atoms with van der Waals surface area (Å²) in [5, 5.41) is 0. The average Bonchev–Trinajstić information content (AvgIpc) is 3.49. The molecule has 5 rings (SSSR count). The molecular weight excluding hydrogens is 416 g/mol. The first-order valence-corrected chi connectivity index (χ1v) is 11.4. The Balaban J connectivity index is 1.57. The number of rotatable bonds is 5. The number of fused-ring (bicyclic) bond motifs is 1. The number of morpholine rings is 1. The largest absolute Gasteiger partial charge is 0.495 e. The molecule has 3 heterocycles. The Hall–Kier alpha value is -3.14. The average molecular weight is 439 g/mol. The molecule has 0 amide bonds. The number of aromatic amines is 1. The number of hydrogen-bond donors (Lipinski definition) is 1. The van der Waals surface area contributed by atoms with Crippen molar-refractivity contribution in [2.75, 3.05) is 33.4 Å². The normalized spacial score (nSPS) is 15.4. The van der Waals surface area contributed by atoms with Gasteiger partial charge in [-0.25, -0.2) is 13.4 Å². The van der Waals surface area contributed by atoms with Gasteiger partial charge in [0.05, 0.1) is 31.4 Å². The Labute approximate surface area is 180 Å². The lowest BCUT2D eigenvalue weighted by atomic mass is 10.2. The number of methoxy groups -OCH3 is 1. The first-order valence-electron chi connectivity index (χ1n) is 9.96. The SMILES string of the molecule is COc1cc2nc(-c3cccc(-n4cccc4)c3)[nH]c2cc1S(=O)(=O)N1CCOCC1. The number of hydrogen-bond acceptors (Lipinski definition) is 5. The Morgan fingerprint density at radius 1 is 1.06 bits per heavy atom. The van der Waals surface area contributed by atoms with Crippen molar-refractivity contribution in [1.82, 2.24) is 18.8 Å². The molecular formula is C22H22N4O4S. The maximum atomic E-state index is 13.2. The van der Waals surface area contributed by atoms with Crippen molar-refractivity contribution < 1.29 is 17.9 Å². The second-order valence-corrected chi connectivity index (χ2v) is 9.17. The molecule has 0 spiro atoms. The Kier molecular flexibility index (Phi) is 5.01. The molecule has 0 atom stereocenters. The van der Waals surface area contributed by atoms with Gasteiger partial charge in [0.2, 0.25) is 10.0 Å². The van der Waals surface area contributed by atoms with E-state index in [0.29, 0.717) is 43.2 Å². The molecule has 1 saturated heterocycles. The first kappa shape index (κ1) is 19.8. The molecule has 1 fully saturated rings. The maximum Gasteiger partial charge on any atom is 0.246 e. The number of sulfonamides is 1. The van der Waals surface area contributed by atoms with E-state index in [9.17, 15) is 8.42 Å². The monoisotopic (exact) mass is 438 g/mol. The smallest absolute Gasteiger partial charge is 0.246 e. The molecule has 9 heteroatoms. The van der Waals surface area contributed by atoms with Crippen molar-refractivity contribution in [2.45, 2.75) is 4.90 Å². The molecule has 1 N–H and O–H groups in total. The number of nitrogens with one attached hydrogen (secondary N) is 1. The zero-order chi connectivity index (χ0) is 21.4. The van der Waals surface area contributed by atoms with E-state index in [1.54, 1.807) is 12.1 Å². The summed E-state index contributed by atoms with van der Waals surface area (Å²) in [5.74, 6) is 0.935. The number of H-pyrrole nitrogens is 1. The predicted octanol–water partition coefficient (Wildman–Crippen LogP) is 3.05. The number of imidazole rings is 1. The summed E-state index contributed by atoms with van der Waals surface area (Å²) in [4.78, 5) is 8.07. The molecule has 1 aliphatic heterocycles. The minimum atomic E-state index is -3.71. The van der Waals surface area contributed by atoms with E-state index >= 15 is 0 Å². The zero-order valence-electron chi connectivity index (χ0n) is 17.0. The van der Waals surface area contributed by atoms with Crippen LogP contribution in [0.5, 0.6) is 5.75 Å². The lowest BCUT2D eigenvalue weighted by Crippen LogP contribution is -2.40. The van der Waals surface area contributed by atoms with E-state index < -0.39 is 10.0 Å². The predicted molar refractivity (Wildman–Crippen MR) is 117 cm³/mol. The van der Waals surface area contributed by atoms with Crippen molar-refractivity contribution >= 4 is 21.1 Å². The van der Waals surface area contributed by atoms with E-state index in [1.807, 2.05) is 53.4 Å². The van der Waals surface area contributed by atoms with Crippen LogP contribution in [0.25, 0.3) is 28.1 Å². The van der Waals surface area contributed by atoms with Gasteiger partial charge < -0.3 is 19.0 Å². The highest BCUT2D eigenvalue weighted by Crippen LogP contribution is 2.32. The van der Waals surface area contributed by atoms with Crippen LogP contribution in [0.4, 0.5) is 0 Å². The topological polar surface area (TPSA) is 89.5 Å². The van der Waals surface area contributed by atoms with Crippen LogP contribution < -0.4 is 4.74 Å². The van der Waals surface area contributed by atoms with Gasteiger partial charge in [-0.1, -0.05) is 12.1 Å². The summed E-state index contributed by atoms with van der Waals surface area (Å²) >= 11 is 0. The van der Waals surface area contributed by atoms with Crippen LogP contribution in [-0.2, 0) is 14.8 Å². The fraction of sp³-hybridized carbons (Fsp3) is 0.227. The molecule has 0 saturated carbocycles. The van der Waals surface area contributed by atoms with E-state index in [0.717, 1.165) is 11.3 Å². The first-order chi connectivity index (χ1) is 15.1. The highest BCUT2D eigenvalue weighted by Gasteiger charge is 2.30. The van der Waals surface area contributed by atoms with Gasteiger partial charge in [0.15, 0.2) is 0 Å². The van der Waals surface area contributed by atoms with E-state index in [2.05, 4.69) is 9.97 Å². The van der Waals surface area contributed by atoms with Gasteiger partial charge in [0, 0.05) is 42.8 Å². The molecule has 2 aromatic heterocycles. The molecule has 160 valence electrons. The number of benzene rings is 2. The van der Waals surface area contributed by atoms with Gasteiger partial charge >= 0.3 is 0 Å². The standard InChI is InChI=1S/C22H22N4O4S/c1-29-20-14-18-19(15-21(20)31(27,28)26-9-11-30-12-10-26)24-22(23-18)16-5-4-6-17(13-16)25-7-2-3-8-25/h2-8,13-15H,9-12H2,1H3,(H,23,24). The van der Waals surface area contributed by atoms with Gasteiger partial charge in [0.25, 0.3) is 0 Å². The van der Waals surface area contributed by atoms with Crippen molar-refractivity contribution in [3.8, 4) is 22.8 Å². The maximum absolute atomic E-state index is 13.2. The van der Waals surface area contributed by atoms with Crippen LogP contribution in [0.1, 0.15) is 0 Å². The van der Waals surface area contributed by atoms with E-state index in [1.165, 1.54) is 11.4 Å². The van der Waals surface area contributed by atoms with Crippen LogP contribution in [0.2, 0.25) is 0 Å². The van der Waals surface area contributed by atoms with Crippen LogP contribution in [-0.4, -0.2) is 60.7 Å². The second kappa shape index (κ2) is 7.84. The Morgan fingerprint density at radius 3 is 2.58 bits per heavy atom. The molecule has 0 radical (unpaired) electrons. The van der Waals surface area contributed by atoms with E-state index in [4.69, 9.17) is 9.47 Å². The molecule has 0 unspecified atom stereocenters.